The van der Waals surface area contributed by atoms with Gasteiger partial charge in [0.25, 0.3) is 0 Å². The molecule has 0 atom stereocenters. The Morgan fingerprint density at radius 3 is 1.14 bits per heavy atom. The van der Waals surface area contributed by atoms with Gasteiger partial charge in [0.2, 0.25) is 0 Å². The quantitative estimate of drug-likeness (QED) is 0.0468. The normalized spacial score (nSPS) is 11.6. The molecule has 50 heavy (non-hydrogen) atoms. The first kappa shape index (κ1) is 48.9. The van der Waals surface area contributed by atoms with Crippen LogP contribution in [0.5, 0.6) is 0 Å². The molecule has 0 aliphatic rings. The van der Waals surface area contributed by atoms with Gasteiger partial charge in [0.05, 0.1) is 13.2 Å². The van der Waals surface area contributed by atoms with Gasteiger partial charge in [-0.15, -0.1) is 0 Å². The van der Waals surface area contributed by atoms with Crippen molar-refractivity contribution < 1.29 is 19.1 Å². The van der Waals surface area contributed by atoms with E-state index in [2.05, 4.69) is 32.6 Å². The molecule has 0 radical (unpaired) electrons. The number of unbranched alkanes of at least 4 members (excludes halogenated alkanes) is 24. The summed E-state index contributed by atoms with van der Waals surface area (Å²) in [6.45, 7) is 12.4. The number of ether oxygens (including phenoxy) is 2. The molecule has 0 saturated carbocycles. The second kappa shape index (κ2) is 40.7. The van der Waals surface area contributed by atoms with Gasteiger partial charge in [-0.2, -0.15) is 0 Å². The van der Waals surface area contributed by atoms with Crippen LogP contribution in [-0.4, -0.2) is 49.2 Å². The van der Waals surface area contributed by atoms with Gasteiger partial charge >= 0.3 is 11.9 Å². The smallest absolute Gasteiger partial charge is 0.305 e. The number of nitrogens with zero attached hydrogens (tertiary/aromatic N) is 1. The average Bonchev–Trinajstić information content (AvgIpc) is 3.11. The maximum absolute atomic E-state index is 12.3. The minimum Gasteiger partial charge on any atom is -0.466 e. The summed E-state index contributed by atoms with van der Waals surface area (Å²) >= 11 is 0. The summed E-state index contributed by atoms with van der Waals surface area (Å²) < 4.78 is 11.2. The maximum Gasteiger partial charge on any atom is 0.305 e. The van der Waals surface area contributed by atoms with Crippen LogP contribution in [0, 0.1) is 0 Å². The first-order valence-electron chi connectivity index (χ1n) is 22.6. The lowest BCUT2D eigenvalue weighted by Crippen LogP contribution is -2.37. The van der Waals surface area contributed by atoms with E-state index < -0.39 is 0 Å². The van der Waals surface area contributed by atoms with Gasteiger partial charge in [-0.25, -0.2) is 0 Å². The Hall–Kier alpha value is -1.10. The van der Waals surface area contributed by atoms with E-state index in [1.807, 2.05) is 0 Å². The third-order valence-electron chi connectivity index (χ3n) is 10.5. The standard InChI is InChI=1S/C45H89NO4/c1-5-9-13-17-20-27-33-41-49-44(47)38-31-25-21-26-32-39-46(40-34-42-50-45(48)37-30-22-16-12-8-4)43(35-28-23-18-14-10-6-2)36-29-24-19-15-11-7-3/h43H,5-42H2,1-4H3. The SMILES string of the molecule is CCCCCCCCCOC(=O)CCCCCCCN(CCCOC(=O)CCCCCCC)C(CCCCCCCC)CCCCCCCC. The predicted molar refractivity (Wildman–Crippen MR) is 217 cm³/mol. The van der Waals surface area contributed by atoms with Crippen LogP contribution >= 0.6 is 0 Å². The molecule has 0 aromatic carbocycles. The van der Waals surface area contributed by atoms with Crippen LogP contribution in [0.15, 0.2) is 0 Å². The second-order valence-corrected chi connectivity index (χ2v) is 15.4. The molecule has 0 unspecified atom stereocenters. The summed E-state index contributed by atoms with van der Waals surface area (Å²) in [5, 5.41) is 0. The Morgan fingerprint density at radius 1 is 0.380 bits per heavy atom. The van der Waals surface area contributed by atoms with E-state index in [0.29, 0.717) is 32.1 Å². The molecule has 0 aliphatic carbocycles. The Bertz CT molecular complexity index is 683. The van der Waals surface area contributed by atoms with E-state index in [1.54, 1.807) is 0 Å². The highest BCUT2D eigenvalue weighted by atomic mass is 16.5. The average molecular weight is 708 g/mol. The van der Waals surface area contributed by atoms with Crippen molar-refractivity contribution in [1.82, 2.24) is 4.90 Å². The zero-order chi connectivity index (χ0) is 36.6. The summed E-state index contributed by atoms with van der Waals surface area (Å²) in [4.78, 5) is 27.3. The molecule has 0 rings (SSSR count). The molecule has 0 spiro atoms. The van der Waals surface area contributed by atoms with Gasteiger partial charge < -0.3 is 14.4 Å². The van der Waals surface area contributed by atoms with Crippen LogP contribution in [0.25, 0.3) is 0 Å². The molecular formula is C45H89NO4. The van der Waals surface area contributed by atoms with Crippen LogP contribution in [0.4, 0.5) is 0 Å². The number of esters is 2. The molecule has 0 aliphatic heterocycles. The number of carbonyl (C=O) groups excluding carboxylic acids is 2. The fourth-order valence-electron chi connectivity index (χ4n) is 7.14. The van der Waals surface area contributed by atoms with Gasteiger partial charge in [-0.3, -0.25) is 9.59 Å². The monoisotopic (exact) mass is 708 g/mol. The van der Waals surface area contributed by atoms with Crippen molar-refractivity contribution in [3.05, 3.63) is 0 Å². The summed E-state index contributed by atoms with van der Waals surface area (Å²) in [7, 11) is 0. The summed E-state index contributed by atoms with van der Waals surface area (Å²) in [6, 6.07) is 0.646. The van der Waals surface area contributed by atoms with Crippen molar-refractivity contribution in [2.75, 3.05) is 26.3 Å². The van der Waals surface area contributed by atoms with Crippen molar-refractivity contribution in [3.8, 4) is 0 Å². The topological polar surface area (TPSA) is 55.8 Å². The molecular weight excluding hydrogens is 618 g/mol. The van der Waals surface area contributed by atoms with Gasteiger partial charge in [0.1, 0.15) is 0 Å². The highest BCUT2D eigenvalue weighted by Crippen LogP contribution is 2.21. The van der Waals surface area contributed by atoms with Crippen LogP contribution in [0.2, 0.25) is 0 Å². The highest BCUT2D eigenvalue weighted by molar-refractivity contribution is 5.69. The van der Waals surface area contributed by atoms with Gasteiger partial charge in [-0.05, 0) is 51.5 Å². The first-order chi connectivity index (χ1) is 24.6. The molecule has 0 heterocycles. The predicted octanol–water partition coefficient (Wildman–Crippen LogP) is 14.1. The van der Waals surface area contributed by atoms with E-state index in [1.165, 1.54) is 167 Å². The lowest BCUT2D eigenvalue weighted by atomic mass is 9.98. The van der Waals surface area contributed by atoms with Gasteiger partial charge in [0, 0.05) is 25.4 Å². The number of rotatable bonds is 41. The van der Waals surface area contributed by atoms with Crippen LogP contribution in [0.1, 0.15) is 246 Å². The summed E-state index contributed by atoms with van der Waals surface area (Å²) in [6.07, 6.45) is 41.1. The van der Waals surface area contributed by atoms with E-state index >= 15 is 0 Å². The van der Waals surface area contributed by atoms with Crippen LogP contribution < -0.4 is 0 Å². The van der Waals surface area contributed by atoms with Crippen molar-refractivity contribution >= 4 is 11.9 Å². The lowest BCUT2D eigenvalue weighted by molar-refractivity contribution is -0.144. The van der Waals surface area contributed by atoms with Gasteiger partial charge in [-0.1, -0.05) is 188 Å². The fraction of sp³-hybridized carbons (Fsp3) is 0.956. The molecule has 0 N–H and O–H groups in total. The second-order valence-electron chi connectivity index (χ2n) is 15.4. The Labute approximate surface area is 313 Å². The maximum atomic E-state index is 12.3. The highest BCUT2D eigenvalue weighted by Gasteiger charge is 2.18. The summed E-state index contributed by atoms with van der Waals surface area (Å²) in [5.74, 6) is -0.0166. The van der Waals surface area contributed by atoms with Crippen molar-refractivity contribution in [3.63, 3.8) is 0 Å². The number of hydrogen-bond acceptors (Lipinski definition) is 5. The van der Waals surface area contributed by atoms with E-state index in [9.17, 15) is 9.59 Å². The molecule has 0 aromatic heterocycles. The third kappa shape index (κ3) is 35.3. The molecule has 5 heteroatoms. The van der Waals surface area contributed by atoms with Crippen molar-refractivity contribution in [2.45, 2.75) is 252 Å². The van der Waals surface area contributed by atoms with Crippen molar-refractivity contribution in [2.24, 2.45) is 0 Å². The fourth-order valence-corrected chi connectivity index (χ4v) is 7.14. The largest absolute Gasteiger partial charge is 0.466 e. The molecule has 0 saturated heterocycles. The van der Waals surface area contributed by atoms with Gasteiger partial charge in [0.15, 0.2) is 0 Å². The third-order valence-corrected chi connectivity index (χ3v) is 10.5. The van der Waals surface area contributed by atoms with E-state index in [-0.39, 0.29) is 11.9 Å². The summed E-state index contributed by atoms with van der Waals surface area (Å²) in [5.41, 5.74) is 0. The zero-order valence-electron chi connectivity index (χ0n) is 34.5. The molecule has 0 aromatic rings. The zero-order valence-corrected chi connectivity index (χ0v) is 34.5. The number of carbonyl (C=O) groups is 2. The minimum atomic E-state index is -0.00885. The van der Waals surface area contributed by atoms with E-state index in [0.717, 1.165) is 51.6 Å². The molecule has 0 fully saturated rings. The Balaban J connectivity index is 4.72. The number of hydrogen-bond donors (Lipinski definition) is 0. The minimum absolute atomic E-state index is 0.00779. The van der Waals surface area contributed by atoms with E-state index in [4.69, 9.17) is 9.47 Å². The Morgan fingerprint density at radius 2 is 0.700 bits per heavy atom. The molecule has 5 nitrogen and oxygen atoms in total. The first-order valence-corrected chi connectivity index (χ1v) is 22.6. The lowest BCUT2D eigenvalue weighted by Gasteiger charge is -2.32. The van der Waals surface area contributed by atoms with Crippen molar-refractivity contribution in [1.29, 1.82) is 0 Å². The van der Waals surface area contributed by atoms with Crippen LogP contribution in [-0.2, 0) is 19.1 Å². The Kier molecular flexibility index (Phi) is 39.8. The molecule has 0 bridgehead atoms. The van der Waals surface area contributed by atoms with Crippen LogP contribution in [0.3, 0.4) is 0 Å². The molecule has 298 valence electrons. The molecule has 0 amide bonds.